The monoisotopic (exact) mass is 592 g/mol. The van der Waals surface area contributed by atoms with Crippen molar-refractivity contribution in [2.75, 3.05) is 13.1 Å². The zero-order valence-corrected chi connectivity index (χ0v) is 26.4. The van der Waals surface area contributed by atoms with E-state index in [-0.39, 0.29) is 43.3 Å². The third-order valence-corrected chi connectivity index (χ3v) is 10.7. The summed E-state index contributed by atoms with van der Waals surface area (Å²) in [7, 11) is -0.231. The molecule has 2 saturated heterocycles. The molecule has 4 saturated carbocycles. The second-order valence-electron chi connectivity index (χ2n) is 14.9. The van der Waals surface area contributed by atoms with Crippen molar-refractivity contribution in [3.05, 3.63) is 39.3 Å². The van der Waals surface area contributed by atoms with Crippen LogP contribution in [0.1, 0.15) is 88.2 Å². The topological polar surface area (TPSA) is 123 Å². The number of nitrogens with zero attached hydrogens (tertiary/aromatic N) is 4. The van der Waals surface area contributed by atoms with Crippen molar-refractivity contribution in [1.29, 1.82) is 0 Å². The Hall–Kier alpha value is -2.75. The second kappa shape index (κ2) is 11.3. The van der Waals surface area contributed by atoms with Crippen molar-refractivity contribution in [3.8, 4) is 5.75 Å². The smallest absolute Gasteiger partial charge is 0.457 e. The summed E-state index contributed by atoms with van der Waals surface area (Å²) in [6.45, 7) is 13.2. The number of carbonyl (C=O) groups excluding carboxylic acids is 2. The van der Waals surface area contributed by atoms with Gasteiger partial charge in [0.25, 0.3) is 0 Å². The maximum absolute atomic E-state index is 13.5. The van der Waals surface area contributed by atoms with Crippen LogP contribution >= 0.6 is 0 Å². The van der Waals surface area contributed by atoms with Crippen LogP contribution in [0, 0.1) is 30.1 Å². The van der Waals surface area contributed by atoms with Crippen LogP contribution < -0.4 is 4.74 Å². The lowest BCUT2D eigenvalue weighted by molar-refractivity contribution is -0.150. The van der Waals surface area contributed by atoms with Gasteiger partial charge in [-0.1, -0.05) is 25.0 Å². The Bertz CT molecular complexity index is 1320. The van der Waals surface area contributed by atoms with Crippen molar-refractivity contribution in [2.24, 2.45) is 28.3 Å². The number of carbonyl (C=O) groups is 2. The Morgan fingerprint density at radius 2 is 1.93 bits per heavy atom. The number of hydrogen-bond acceptors (Lipinski definition) is 7. The number of esters is 1. The molecule has 0 aromatic heterocycles. The van der Waals surface area contributed by atoms with Crippen molar-refractivity contribution < 1.29 is 28.4 Å². The molecule has 0 N–H and O–H groups in total. The van der Waals surface area contributed by atoms with Crippen LogP contribution in [0.4, 0.5) is 0 Å². The number of aryl methyl sites for hydroxylation is 1. The van der Waals surface area contributed by atoms with Gasteiger partial charge in [0.15, 0.2) is 0 Å². The Morgan fingerprint density at radius 1 is 1.16 bits per heavy atom. The van der Waals surface area contributed by atoms with Gasteiger partial charge in [-0.25, -0.2) is 4.79 Å². The SMILES string of the molecule is Cc1c(CCB2O[C@H]3[C@H]4C[C@@H](C[C@H]3O2)C4(C)C)ccc(OC2CN(C(=O)[C@H]3CC[C@@H](N=[N+]=[N-])C3)C2)c1C(=O)OC(C)(C)C. The fraction of sp³-hybridized carbons (Fsp3) is 0.750. The number of likely N-dealkylation sites (tertiary alicyclic amines) is 1. The van der Waals surface area contributed by atoms with Crippen molar-refractivity contribution in [3.63, 3.8) is 0 Å². The van der Waals surface area contributed by atoms with E-state index < -0.39 is 11.6 Å². The first-order chi connectivity index (χ1) is 20.3. The number of azide groups is 1. The molecule has 0 radical (unpaired) electrons. The molecule has 7 rings (SSSR count). The zero-order chi connectivity index (χ0) is 30.7. The first kappa shape index (κ1) is 30.3. The van der Waals surface area contributed by atoms with Crippen LogP contribution in [0.2, 0.25) is 6.32 Å². The van der Waals surface area contributed by atoms with Crippen LogP contribution in [0.5, 0.6) is 5.75 Å². The Balaban J connectivity index is 1.10. The molecular formula is C32H45BN4O6. The van der Waals surface area contributed by atoms with E-state index in [9.17, 15) is 9.59 Å². The highest BCUT2D eigenvalue weighted by Crippen LogP contribution is 2.61. The molecule has 1 amide bonds. The molecular weight excluding hydrogens is 547 g/mol. The van der Waals surface area contributed by atoms with Crippen molar-refractivity contribution in [2.45, 2.75) is 116 Å². The van der Waals surface area contributed by atoms with Gasteiger partial charge in [-0.2, -0.15) is 0 Å². The van der Waals surface area contributed by atoms with E-state index in [1.807, 2.05) is 39.8 Å². The number of benzene rings is 1. The van der Waals surface area contributed by atoms with Gasteiger partial charge < -0.3 is 23.7 Å². The fourth-order valence-electron chi connectivity index (χ4n) is 7.99. The molecule has 2 aliphatic heterocycles. The zero-order valence-electron chi connectivity index (χ0n) is 26.4. The van der Waals surface area contributed by atoms with E-state index in [4.69, 9.17) is 24.3 Å². The molecule has 11 heteroatoms. The van der Waals surface area contributed by atoms with Gasteiger partial charge in [-0.05, 0) is 113 Å². The molecule has 4 aliphatic carbocycles. The molecule has 1 aromatic carbocycles. The number of rotatable bonds is 8. The van der Waals surface area contributed by atoms with Crippen LogP contribution in [-0.2, 0) is 25.3 Å². The minimum Gasteiger partial charge on any atom is -0.486 e. The quantitative estimate of drug-likeness (QED) is 0.122. The van der Waals surface area contributed by atoms with Crippen molar-refractivity contribution in [1.82, 2.24) is 4.90 Å². The van der Waals surface area contributed by atoms with Crippen LogP contribution in [0.25, 0.3) is 10.4 Å². The normalized spacial score (nSPS) is 31.0. The second-order valence-corrected chi connectivity index (χ2v) is 14.9. The molecule has 232 valence electrons. The standard InChI is InChI=1S/C32H45BN4O6/c1-18-19(11-12-33-42-26-15-21-14-24(28(26)43-33)32(21,5)6)8-10-25(27(18)30(39)41-31(2,3)4)40-23-16-37(17-23)29(38)20-7-9-22(13-20)35-36-34/h8,10,20-24,26,28H,7,9,11-17H2,1-6H3/t20-,21-,22+,24+,26+,28-/m0/s1. The summed E-state index contributed by atoms with van der Waals surface area (Å²) in [4.78, 5) is 31.1. The van der Waals surface area contributed by atoms with E-state index in [1.54, 1.807) is 4.90 Å². The highest BCUT2D eigenvalue weighted by atomic mass is 16.7. The summed E-state index contributed by atoms with van der Waals surface area (Å²) >= 11 is 0. The summed E-state index contributed by atoms with van der Waals surface area (Å²) in [5, 5.41) is 3.79. The van der Waals surface area contributed by atoms with E-state index >= 15 is 0 Å². The maximum atomic E-state index is 13.5. The minimum atomic E-state index is -0.651. The van der Waals surface area contributed by atoms with Crippen LogP contribution in [0.3, 0.4) is 0 Å². The lowest BCUT2D eigenvalue weighted by atomic mass is 9.47. The maximum Gasteiger partial charge on any atom is 0.457 e. The predicted octanol–water partition coefficient (Wildman–Crippen LogP) is 5.90. The Labute approximate surface area is 254 Å². The third kappa shape index (κ3) is 5.88. The molecule has 6 atom stereocenters. The van der Waals surface area contributed by atoms with Gasteiger partial charge in [0.05, 0.1) is 25.3 Å². The van der Waals surface area contributed by atoms with E-state index in [1.165, 1.54) is 6.42 Å². The highest BCUT2D eigenvalue weighted by Gasteiger charge is 2.61. The number of hydrogen-bond donors (Lipinski definition) is 0. The first-order valence-electron chi connectivity index (χ1n) is 16.0. The fourth-order valence-corrected chi connectivity index (χ4v) is 7.99. The lowest BCUT2D eigenvalue weighted by Crippen LogP contribution is -2.59. The molecule has 43 heavy (non-hydrogen) atoms. The minimum absolute atomic E-state index is 0.0892. The summed E-state index contributed by atoms with van der Waals surface area (Å²) in [5.74, 6) is 1.36. The predicted molar refractivity (Wildman–Crippen MR) is 162 cm³/mol. The third-order valence-electron chi connectivity index (χ3n) is 10.7. The molecule has 0 unspecified atom stereocenters. The van der Waals surface area contributed by atoms with Gasteiger partial charge in [0.1, 0.15) is 23.0 Å². The van der Waals surface area contributed by atoms with Gasteiger partial charge >= 0.3 is 13.1 Å². The summed E-state index contributed by atoms with van der Waals surface area (Å²) in [6.07, 6.45) is 6.04. The van der Waals surface area contributed by atoms with Crippen LogP contribution in [-0.4, -0.2) is 66.9 Å². The van der Waals surface area contributed by atoms with Gasteiger partial charge in [-0.15, -0.1) is 0 Å². The van der Waals surface area contributed by atoms with E-state index in [2.05, 4.69) is 23.9 Å². The van der Waals surface area contributed by atoms with Crippen LogP contribution in [0.15, 0.2) is 17.2 Å². The average molecular weight is 593 g/mol. The summed E-state index contributed by atoms with van der Waals surface area (Å²) in [6, 6.07) is 3.79. The number of amides is 1. The molecule has 2 heterocycles. The molecule has 6 aliphatic rings. The van der Waals surface area contributed by atoms with Gasteiger partial charge in [-0.3, -0.25) is 4.79 Å². The van der Waals surface area contributed by atoms with Crippen molar-refractivity contribution >= 4 is 19.0 Å². The summed E-state index contributed by atoms with van der Waals surface area (Å²) in [5.41, 5.74) is 10.7. The molecule has 0 spiro atoms. The molecule has 2 bridgehead atoms. The largest absolute Gasteiger partial charge is 0.486 e. The average Bonchev–Trinajstić information content (AvgIpc) is 3.55. The summed E-state index contributed by atoms with van der Waals surface area (Å²) < 4.78 is 24.9. The van der Waals surface area contributed by atoms with E-state index in [0.29, 0.717) is 48.6 Å². The Morgan fingerprint density at radius 3 is 2.63 bits per heavy atom. The Kier molecular flexibility index (Phi) is 7.97. The lowest BCUT2D eigenvalue weighted by Gasteiger charge is -2.60. The first-order valence-corrected chi connectivity index (χ1v) is 16.0. The molecule has 1 aromatic rings. The van der Waals surface area contributed by atoms with Gasteiger partial charge in [0.2, 0.25) is 5.91 Å². The molecule has 6 fully saturated rings. The highest BCUT2D eigenvalue weighted by molar-refractivity contribution is 6.45. The van der Waals surface area contributed by atoms with Gasteiger partial charge in [0, 0.05) is 16.9 Å². The van der Waals surface area contributed by atoms with E-state index in [0.717, 1.165) is 42.6 Å². The molecule has 10 nitrogen and oxygen atoms in total. The number of ether oxygens (including phenoxy) is 2.